The minimum atomic E-state index is -0.868. The molecule has 0 amide bonds. The molecule has 0 saturated heterocycles. The Morgan fingerprint density at radius 3 is 2.37 bits per heavy atom. The van der Waals surface area contributed by atoms with Gasteiger partial charge in [0.25, 0.3) is 0 Å². The lowest BCUT2D eigenvalue weighted by molar-refractivity contribution is 0.0536. The molecule has 3 aromatic rings. The molecule has 4 heteroatoms. The first-order chi connectivity index (χ1) is 14.7. The first-order valence-electron chi connectivity index (χ1n) is 10.4. The number of aliphatic hydroxyl groups excluding tert-OH is 2. The number of aryl methyl sites for hydroxylation is 1. The van der Waals surface area contributed by atoms with Crippen LogP contribution < -0.4 is 9.47 Å². The van der Waals surface area contributed by atoms with Crippen LogP contribution in [0.4, 0.5) is 0 Å². The lowest BCUT2D eigenvalue weighted by Crippen LogP contribution is -2.21. The number of methoxy groups -OCH3 is 1. The van der Waals surface area contributed by atoms with Gasteiger partial charge in [-0.2, -0.15) is 0 Å². The van der Waals surface area contributed by atoms with Gasteiger partial charge in [-0.15, -0.1) is 0 Å². The summed E-state index contributed by atoms with van der Waals surface area (Å²) < 4.78 is 11.0. The highest BCUT2D eigenvalue weighted by Gasteiger charge is 2.32. The van der Waals surface area contributed by atoms with Gasteiger partial charge in [0.05, 0.1) is 13.7 Å². The van der Waals surface area contributed by atoms with Crippen LogP contribution in [0.15, 0.2) is 72.8 Å². The Morgan fingerprint density at radius 2 is 1.67 bits per heavy atom. The van der Waals surface area contributed by atoms with Gasteiger partial charge >= 0.3 is 0 Å². The Bertz CT molecular complexity index is 953. The molecule has 1 unspecified atom stereocenters. The Morgan fingerprint density at radius 1 is 0.933 bits per heavy atom. The van der Waals surface area contributed by atoms with Crippen molar-refractivity contribution >= 4 is 0 Å². The first-order valence-corrected chi connectivity index (χ1v) is 10.4. The summed E-state index contributed by atoms with van der Waals surface area (Å²) in [5.41, 5.74) is 5.29. The molecule has 4 nitrogen and oxygen atoms in total. The summed E-state index contributed by atoms with van der Waals surface area (Å²) in [4.78, 5) is 0. The van der Waals surface area contributed by atoms with Crippen LogP contribution >= 0.6 is 0 Å². The monoisotopic (exact) mass is 404 g/mol. The molecule has 4 rings (SSSR count). The molecule has 1 aliphatic carbocycles. The van der Waals surface area contributed by atoms with E-state index in [1.54, 1.807) is 7.11 Å². The highest BCUT2D eigenvalue weighted by Crippen LogP contribution is 2.47. The maximum atomic E-state index is 9.51. The van der Waals surface area contributed by atoms with E-state index in [0.717, 1.165) is 18.6 Å². The van der Waals surface area contributed by atoms with Gasteiger partial charge in [0, 0.05) is 5.92 Å². The molecule has 2 N–H and O–H groups in total. The predicted octanol–water partition coefficient (Wildman–Crippen LogP) is 4.29. The topological polar surface area (TPSA) is 58.9 Å². The van der Waals surface area contributed by atoms with Crippen molar-refractivity contribution < 1.29 is 19.7 Å². The van der Waals surface area contributed by atoms with Crippen molar-refractivity contribution in [3.8, 4) is 11.5 Å². The Hall–Kier alpha value is -2.82. The minimum Gasteiger partial charge on any atom is -0.497 e. The SMILES string of the molecule is COc1ccc2c(c1)CC[C@@H](c1ccccc1)[C@@H]2c1ccc(OCC(O)CO)cc1. The summed E-state index contributed by atoms with van der Waals surface area (Å²) in [6, 6.07) is 25.3. The number of rotatable bonds is 7. The van der Waals surface area contributed by atoms with Crippen molar-refractivity contribution in [3.63, 3.8) is 0 Å². The van der Waals surface area contributed by atoms with Crippen LogP contribution in [0.1, 0.15) is 40.5 Å². The van der Waals surface area contributed by atoms with Gasteiger partial charge in [-0.1, -0.05) is 48.5 Å². The average Bonchev–Trinajstić information content (AvgIpc) is 2.82. The molecule has 156 valence electrons. The van der Waals surface area contributed by atoms with Gasteiger partial charge in [0.2, 0.25) is 0 Å². The molecule has 3 atom stereocenters. The predicted molar refractivity (Wildman–Crippen MR) is 117 cm³/mol. The van der Waals surface area contributed by atoms with Crippen LogP contribution in [0, 0.1) is 0 Å². The van der Waals surface area contributed by atoms with Gasteiger partial charge in [-0.05, 0) is 65.3 Å². The van der Waals surface area contributed by atoms with Gasteiger partial charge in [0.1, 0.15) is 24.2 Å². The van der Waals surface area contributed by atoms with Gasteiger partial charge < -0.3 is 19.7 Å². The zero-order chi connectivity index (χ0) is 20.9. The van der Waals surface area contributed by atoms with E-state index in [1.807, 2.05) is 18.2 Å². The van der Waals surface area contributed by atoms with E-state index in [1.165, 1.54) is 22.3 Å². The number of benzene rings is 3. The maximum absolute atomic E-state index is 9.51. The van der Waals surface area contributed by atoms with E-state index >= 15 is 0 Å². The quantitative estimate of drug-likeness (QED) is 0.617. The second kappa shape index (κ2) is 9.33. The molecule has 1 aliphatic rings. The first kappa shape index (κ1) is 20.5. The van der Waals surface area contributed by atoms with E-state index in [4.69, 9.17) is 14.6 Å². The fourth-order valence-electron chi connectivity index (χ4n) is 4.41. The molecule has 0 bridgehead atoms. The molecule has 0 heterocycles. The van der Waals surface area contributed by atoms with Crippen LogP contribution in [0.3, 0.4) is 0 Å². The van der Waals surface area contributed by atoms with Crippen LogP contribution in [0.5, 0.6) is 11.5 Å². The highest BCUT2D eigenvalue weighted by atomic mass is 16.5. The minimum absolute atomic E-state index is 0.0779. The fraction of sp³-hybridized carbons (Fsp3) is 0.308. The lowest BCUT2D eigenvalue weighted by Gasteiger charge is -2.35. The van der Waals surface area contributed by atoms with Crippen LogP contribution in [0.25, 0.3) is 0 Å². The molecule has 30 heavy (non-hydrogen) atoms. The molecule has 0 fully saturated rings. The zero-order valence-corrected chi connectivity index (χ0v) is 17.2. The summed E-state index contributed by atoms with van der Waals surface area (Å²) in [5.74, 6) is 2.24. The molecule has 0 radical (unpaired) electrons. The number of ether oxygens (including phenoxy) is 2. The van der Waals surface area contributed by atoms with E-state index in [9.17, 15) is 5.11 Å². The van der Waals surface area contributed by atoms with Crippen LogP contribution in [-0.4, -0.2) is 36.6 Å². The Labute approximate surface area is 177 Å². The van der Waals surface area contributed by atoms with Crippen LogP contribution in [0.2, 0.25) is 0 Å². The number of hydrogen-bond acceptors (Lipinski definition) is 4. The van der Waals surface area contributed by atoms with E-state index < -0.39 is 6.10 Å². The second-order valence-corrected chi connectivity index (χ2v) is 7.81. The number of fused-ring (bicyclic) bond motifs is 1. The van der Waals surface area contributed by atoms with E-state index in [-0.39, 0.29) is 19.1 Å². The van der Waals surface area contributed by atoms with E-state index in [2.05, 4.69) is 54.6 Å². The fourth-order valence-corrected chi connectivity index (χ4v) is 4.41. The van der Waals surface area contributed by atoms with Crippen molar-refractivity contribution in [1.29, 1.82) is 0 Å². The third kappa shape index (κ3) is 4.35. The molecular weight excluding hydrogens is 376 g/mol. The molecular formula is C26H28O4. The molecule has 0 saturated carbocycles. The van der Waals surface area contributed by atoms with Crippen molar-refractivity contribution in [2.45, 2.75) is 30.8 Å². The lowest BCUT2D eigenvalue weighted by atomic mass is 9.69. The third-order valence-corrected chi connectivity index (χ3v) is 5.93. The van der Waals surface area contributed by atoms with Crippen molar-refractivity contribution in [2.24, 2.45) is 0 Å². The van der Waals surface area contributed by atoms with Gasteiger partial charge in [-0.25, -0.2) is 0 Å². The van der Waals surface area contributed by atoms with Gasteiger partial charge in [-0.3, -0.25) is 0 Å². The third-order valence-electron chi connectivity index (χ3n) is 5.93. The smallest absolute Gasteiger partial charge is 0.119 e. The number of hydrogen-bond donors (Lipinski definition) is 2. The summed E-state index contributed by atoms with van der Waals surface area (Å²) in [7, 11) is 1.71. The van der Waals surface area contributed by atoms with Gasteiger partial charge in [0.15, 0.2) is 0 Å². The molecule has 0 spiro atoms. The Kier molecular flexibility index (Phi) is 6.36. The largest absolute Gasteiger partial charge is 0.497 e. The average molecular weight is 405 g/mol. The number of aliphatic hydroxyl groups is 2. The summed E-state index contributed by atoms with van der Waals surface area (Å²) in [5, 5.41) is 18.5. The standard InChI is InChI=1S/C26H28O4/c1-29-23-12-14-25-20(15-23)9-13-24(18-5-3-2-4-6-18)26(25)19-7-10-22(11-8-19)30-17-21(28)16-27/h2-8,10-12,14-15,21,24,26-28H,9,13,16-17H2,1H3/t21?,24-,26-/m0/s1. The summed E-state index contributed by atoms with van der Waals surface area (Å²) in [6.45, 7) is -0.228. The summed E-state index contributed by atoms with van der Waals surface area (Å²) >= 11 is 0. The van der Waals surface area contributed by atoms with Crippen molar-refractivity contribution in [2.75, 3.05) is 20.3 Å². The van der Waals surface area contributed by atoms with Crippen LogP contribution in [-0.2, 0) is 6.42 Å². The maximum Gasteiger partial charge on any atom is 0.119 e. The highest BCUT2D eigenvalue weighted by molar-refractivity contribution is 5.48. The van der Waals surface area contributed by atoms with Crippen molar-refractivity contribution in [3.05, 3.63) is 95.1 Å². The molecule has 3 aromatic carbocycles. The Balaban J connectivity index is 1.68. The zero-order valence-electron chi connectivity index (χ0n) is 17.2. The summed E-state index contributed by atoms with van der Waals surface area (Å²) in [6.07, 6.45) is 1.24. The second-order valence-electron chi connectivity index (χ2n) is 7.81. The van der Waals surface area contributed by atoms with Crippen molar-refractivity contribution in [1.82, 2.24) is 0 Å². The molecule has 0 aliphatic heterocycles. The molecule has 0 aromatic heterocycles. The normalized spacial score (nSPS) is 19.0. The van der Waals surface area contributed by atoms with E-state index in [0.29, 0.717) is 11.7 Å².